The molecule has 2 aromatic heterocycles. The number of amides is 1. The summed E-state index contributed by atoms with van der Waals surface area (Å²) in [5.41, 5.74) is 0.510. The summed E-state index contributed by atoms with van der Waals surface area (Å²) in [6.07, 6.45) is 1.62. The number of carbonyl (C=O) groups is 1. The lowest BCUT2D eigenvalue weighted by Gasteiger charge is -2.04. The van der Waals surface area contributed by atoms with Gasteiger partial charge in [0.05, 0.1) is 12.1 Å². The highest BCUT2D eigenvalue weighted by Crippen LogP contribution is 2.12. The first kappa shape index (κ1) is 11.9. The molecule has 0 spiro atoms. The van der Waals surface area contributed by atoms with Gasteiger partial charge < -0.3 is 9.73 Å². The average molecular weight is 295 g/mol. The van der Waals surface area contributed by atoms with Crippen LogP contribution in [0.15, 0.2) is 39.5 Å². The molecule has 0 aromatic carbocycles. The molecule has 0 fully saturated rings. The Hall–Kier alpha value is -1.62. The third kappa shape index (κ3) is 2.94. The highest BCUT2D eigenvalue weighted by Gasteiger charge is 2.10. The van der Waals surface area contributed by atoms with E-state index in [1.165, 1.54) is 0 Å². The first-order valence-corrected chi connectivity index (χ1v) is 5.90. The second kappa shape index (κ2) is 5.14. The summed E-state index contributed by atoms with van der Waals surface area (Å²) in [7, 11) is 0. The molecule has 0 unspecified atom stereocenters. The Morgan fingerprint density at radius 1 is 1.47 bits per heavy atom. The van der Waals surface area contributed by atoms with Crippen LogP contribution in [0, 0.1) is 6.92 Å². The summed E-state index contributed by atoms with van der Waals surface area (Å²) in [5, 5.41) is 2.77. The molecule has 2 aromatic rings. The van der Waals surface area contributed by atoms with Crippen LogP contribution in [-0.4, -0.2) is 10.9 Å². The molecule has 1 amide bonds. The maximum Gasteiger partial charge on any atom is 0.254 e. The van der Waals surface area contributed by atoms with Crippen molar-refractivity contribution in [2.24, 2.45) is 0 Å². The highest BCUT2D eigenvalue weighted by atomic mass is 79.9. The SMILES string of the molecule is Cc1ccc(CNC(=O)c2cccnc2Br)o1. The zero-order chi connectivity index (χ0) is 12.3. The summed E-state index contributed by atoms with van der Waals surface area (Å²) in [6.45, 7) is 2.23. The van der Waals surface area contributed by atoms with E-state index in [2.05, 4.69) is 26.2 Å². The molecule has 88 valence electrons. The Labute approximate surface area is 107 Å². The van der Waals surface area contributed by atoms with Crippen molar-refractivity contribution in [2.75, 3.05) is 0 Å². The second-order valence-electron chi connectivity index (χ2n) is 3.54. The van der Waals surface area contributed by atoms with E-state index in [4.69, 9.17) is 4.42 Å². The third-order valence-corrected chi connectivity index (χ3v) is 2.85. The Morgan fingerprint density at radius 2 is 2.29 bits per heavy atom. The Bertz CT molecular complexity index is 537. The lowest BCUT2D eigenvalue weighted by molar-refractivity contribution is 0.0946. The average Bonchev–Trinajstić information content (AvgIpc) is 2.73. The minimum absolute atomic E-state index is 0.181. The van der Waals surface area contributed by atoms with E-state index in [1.54, 1.807) is 18.3 Å². The van der Waals surface area contributed by atoms with Crippen LogP contribution in [-0.2, 0) is 6.54 Å². The van der Waals surface area contributed by atoms with Gasteiger partial charge in [0.1, 0.15) is 16.1 Å². The summed E-state index contributed by atoms with van der Waals surface area (Å²) in [5.74, 6) is 1.38. The van der Waals surface area contributed by atoms with Gasteiger partial charge >= 0.3 is 0 Å². The number of nitrogens with zero attached hydrogens (tertiary/aromatic N) is 1. The zero-order valence-electron chi connectivity index (χ0n) is 9.24. The van der Waals surface area contributed by atoms with E-state index < -0.39 is 0 Å². The maximum absolute atomic E-state index is 11.8. The number of pyridine rings is 1. The number of hydrogen-bond acceptors (Lipinski definition) is 3. The topological polar surface area (TPSA) is 55.1 Å². The summed E-state index contributed by atoms with van der Waals surface area (Å²) in [6, 6.07) is 7.13. The molecular weight excluding hydrogens is 284 g/mol. The van der Waals surface area contributed by atoms with E-state index >= 15 is 0 Å². The molecule has 1 N–H and O–H groups in total. The quantitative estimate of drug-likeness (QED) is 0.886. The molecule has 17 heavy (non-hydrogen) atoms. The van der Waals surface area contributed by atoms with Gasteiger partial charge in [0.15, 0.2) is 0 Å². The van der Waals surface area contributed by atoms with Crippen molar-refractivity contribution in [3.63, 3.8) is 0 Å². The summed E-state index contributed by atoms with van der Waals surface area (Å²) < 4.78 is 5.89. The first-order chi connectivity index (χ1) is 8.16. The van der Waals surface area contributed by atoms with Crippen LogP contribution in [0.25, 0.3) is 0 Å². The van der Waals surface area contributed by atoms with Gasteiger partial charge in [0.2, 0.25) is 0 Å². The standard InChI is InChI=1S/C12H11BrN2O2/c1-8-4-5-9(17-8)7-15-12(16)10-3-2-6-14-11(10)13/h2-6H,7H2,1H3,(H,15,16). The summed E-state index contributed by atoms with van der Waals surface area (Å²) in [4.78, 5) is 15.8. The molecule has 2 heterocycles. The van der Waals surface area contributed by atoms with Crippen molar-refractivity contribution in [3.05, 3.63) is 52.1 Å². The molecule has 0 bridgehead atoms. The van der Waals surface area contributed by atoms with Crippen molar-refractivity contribution < 1.29 is 9.21 Å². The predicted octanol–water partition coefficient (Wildman–Crippen LogP) is 2.68. The molecular formula is C12H11BrN2O2. The number of aromatic nitrogens is 1. The van der Waals surface area contributed by atoms with Crippen LogP contribution in [0.5, 0.6) is 0 Å². The van der Waals surface area contributed by atoms with E-state index in [1.807, 2.05) is 19.1 Å². The largest absolute Gasteiger partial charge is 0.465 e. The normalized spacial score (nSPS) is 10.2. The van der Waals surface area contributed by atoms with E-state index in [0.29, 0.717) is 16.7 Å². The van der Waals surface area contributed by atoms with Crippen LogP contribution in [0.3, 0.4) is 0 Å². The molecule has 0 aliphatic carbocycles. The fourth-order valence-corrected chi connectivity index (χ4v) is 1.83. The number of aryl methyl sites for hydroxylation is 1. The van der Waals surface area contributed by atoms with Crippen molar-refractivity contribution in [3.8, 4) is 0 Å². The molecule has 4 nitrogen and oxygen atoms in total. The van der Waals surface area contributed by atoms with E-state index in [9.17, 15) is 4.79 Å². The third-order valence-electron chi connectivity index (χ3n) is 2.22. The molecule has 0 saturated heterocycles. The van der Waals surface area contributed by atoms with Gasteiger partial charge in [-0.05, 0) is 47.1 Å². The van der Waals surface area contributed by atoms with Crippen molar-refractivity contribution in [1.29, 1.82) is 0 Å². The minimum Gasteiger partial charge on any atom is -0.465 e. The van der Waals surface area contributed by atoms with Crippen molar-refractivity contribution >= 4 is 21.8 Å². The molecule has 0 saturated carbocycles. The van der Waals surface area contributed by atoms with Crippen molar-refractivity contribution in [2.45, 2.75) is 13.5 Å². The smallest absolute Gasteiger partial charge is 0.254 e. The van der Waals surface area contributed by atoms with E-state index in [-0.39, 0.29) is 5.91 Å². The monoisotopic (exact) mass is 294 g/mol. The van der Waals surface area contributed by atoms with Crippen LogP contribution in [0.1, 0.15) is 21.9 Å². The van der Waals surface area contributed by atoms with Gasteiger partial charge in [-0.2, -0.15) is 0 Å². The lowest BCUT2D eigenvalue weighted by atomic mass is 10.2. The molecule has 0 aliphatic heterocycles. The first-order valence-electron chi connectivity index (χ1n) is 5.11. The van der Waals surface area contributed by atoms with Crippen molar-refractivity contribution in [1.82, 2.24) is 10.3 Å². The van der Waals surface area contributed by atoms with Gasteiger partial charge in [0.25, 0.3) is 5.91 Å². The number of carbonyl (C=O) groups excluding carboxylic acids is 1. The zero-order valence-corrected chi connectivity index (χ0v) is 10.8. The number of hydrogen-bond donors (Lipinski definition) is 1. The van der Waals surface area contributed by atoms with Crippen LogP contribution < -0.4 is 5.32 Å². The molecule has 5 heteroatoms. The van der Waals surface area contributed by atoms with Crippen LogP contribution in [0.2, 0.25) is 0 Å². The van der Waals surface area contributed by atoms with Crippen LogP contribution >= 0.6 is 15.9 Å². The maximum atomic E-state index is 11.8. The van der Waals surface area contributed by atoms with Crippen LogP contribution in [0.4, 0.5) is 0 Å². The lowest BCUT2D eigenvalue weighted by Crippen LogP contribution is -2.23. The molecule has 0 aliphatic rings. The van der Waals surface area contributed by atoms with E-state index in [0.717, 1.165) is 11.5 Å². The summed E-state index contributed by atoms with van der Waals surface area (Å²) >= 11 is 3.23. The Balaban J connectivity index is 2.01. The number of nitrogens with one attached hydrogen (secondary N) is 1. The van der Waals surface area contributed by atoms with Gasteiger partial charge in [-0.15, -0.1) is 0 Å². The number of furan rings is 1. The highest BCUT2D eigenvalue weighted by molar-refractivity contribution is 9.10. The fraction of sp³-hybridized carbons (Fsp3) is 0.167. The molecule has 0 atom stereocenters. The van der Waals surface area contributed by atoms with Gasteiger partial charge in [-0.3, -0.25) is 4.79 Å². The Kier molecular flexibility index (Phi) is 3.58. The Morgan fingerprint density at radius 3 is 2.94 bits per heavy atom. The minimum atomic E-state index is -0.181. The van der Waals surface area contributed by atoms with Gasteiger partial charge in [0, 0.05) is 6.20 Å². The predicted molar refractivity (Wildman–Crippen MR) is 66.6 cm³/mol. The van der Waals surface area contributed by atoms with Gasteiger partial charge in [-0.25, -0.2) is 4.98 Å². The number of halogens is 1. The fourth-order valence-electron chi connectivity index (χ4n) is 1.40. The number of rotatable bonds is 3. The second-order valence-corrected chi connectivity index (χ2v) is 4.29. The molecule has 2 rings (SSSR count). The molecule has 0 radical (unpaired) electrons. The van der Waals surface area contributed by atoms with Gasteiger partial charge in [-0.1, -0.05) is 0 Å².